The summed E-state index contributed by atoms with van der Waals surface area (Å²) in [6.07, 6.45) is 0.205. The molecule has 1 aromatic carbocycles. The fourth-order valence-electron chi connectivity index (χ4n) is 2.90. The summed E-state index contributed by atoms with van der Waals surface area (Å²) in [4.78, 5) is 24.1. The molecule has 0 bridgehead atoms. The summed E-state index contributed by atoms with van der Waals surface area (Å²) in [5, 5.41) is 0. The highest BCUT2D eigenvalue weighted by Crippen LogP contribution is 2.38. The van der Waals surface area contributed by atoms with Gasteiger partial charge in [-0.15, -0.1) is 0 Å². The number of ketones is 1. The molecule has 146 valence electrons. The molecule has 0 amide bonds. The van der Waals surface area contributed by atoms with Crippen LogP contribution in [0.5, 0.6) is 5.75 Å². The predicted molar refractivity (Wildman–Crippen MR) is 105 cm³/mol. The first kappa shape index (κ1) is 22.2. The van der Waals surface area contributed by atoms with E-state index in [9.17, 15) is 9.59 Å². The van der Waals surface area contributed by atoms with Gasteiger partial charge in [-0.25, -0.2) is 4.79 Å². The lowest BCUT2D eigenvalue weighted by atomic mass is 9.76. The molecule has 0 radical (unpaired) electrons. The van der Waals surface area contributed by atoms with Gasteiger partial charge in [0.25, 0.3) is 0 Å². The van der Waals surface area contributed by atoms with Gasteiger partial charge in [-0.3, -0.25) is 4.79 Å². The highest BCUT2D eigenvalue weighted by atomic mass is 16.7. The van der Waals surface area contributed by atoms with Crippen LogP contribution in [0.4, 0.5) is 4.79 Å². The van der Waals surface area contributed by atoms with Crippen molar-refractivity contribution < 1.29 is 19.1 Å². The Morgan fingerprint density at radius 1 is 1.04 bits per heavy atom. The minimum absolute atomic E-state index is 0.135. The van der Waals surface area contributed by atoms with Gasteiger partial charge in [-0.1, -0.05) is 40.7 Å². The Labute approximate surface area is 158 Å². The standard InChI is InChI=1S/C22H34O4/c1-14(2)18(13-21(4,5)6)16-10-11-19(17(12-16)15(3)23)25-20(24)26-22(7,8)9/h10-12,14,18H,13H2,1-9H3. The first-order valence-corrected chi connectivity index (χ1v) is 9.25. The zero-order valence-corrected chi connectivity index (χ0v) is 17.7. The maximum Gasteiger partial charge on any atom is 0.514 e. The van der Waals surface area contributed by atoms with Crippen molar-refractivity contribution in [3.8, 4) is 5.75 Å². The van der Waals surface area contributed by atoms with Crippen LogP contribution in [0.15, 0.2) is 18.2 Å². The Bertz CT molecular complexity index is 645. The third-order valence-electron chi connectivity index (χ3n) is 4.03. The van der Waals surface area contributed by atoms with Gasteiger partial charge in [-0.2, -0.15) is 0 Å². The van der Waals surface area contributed by atoms with E-state index in [4.69, 9.17) is 9.47 Å². The molecule has 0 N–H and O–H groups in total. The summed E-state index contributed by atoms with van der Waals surface area (Å²) < 4.78 is 10.5. The maximum atomic E-state index is 12.1. The molecule has 0 saturated carbocycles. The molecule has 0 spiro atoms. The SMILES string of the molecule is CC(=O)c1cc(C(CC(C)(C)C)C(C)C)ccc1OC(=O)OC(C)(C)C. The van der Waals surface area contributed by atoms with Crippen LogP contribution >= 0.6 is 0 Å². The predicted octanol–water partition coefficient (Wildman–Crippen LogP) is 6.38. The molecular weight excluding hydrogens is 328 g/mol. The van der Waals surface area contributed by atoms with Crippen LogP contribution in [0.2, 0.25) is 0 Å². The number of hydrogen-bond donors (Lipinski definition) is 0. The molecular formula is C22H34O4. The average molecular weight is 363 g/mol. The minimum Gasteiger partial charge on any atom is -0.428 e. The molecule has 4 nitrogen and oxygen atoms in total. The average Bonchev–Trinajstić information content (AvgIpc) is 2.41. The normalized spacial score (nSPS) is 13.5. The zero-order chi connectivity index (χ0) is 20.3. The van der Waals surface area contributed by atoms with E-state index >= 15 is 0 Å². The molecule has 26 heavy (non-hydrogen) atoms. The summed E-state index contributed by atoms with van der Waals surface area (Å²) >= 11 is 0. The fraction of sp³-hybridized carbons (Fsp3) is 0.636. The second kappa shape index (κ2) is 8.24. The first-order chi connectivity index (χ1) is 11.7. The van der Waals surface area contributed by atoms with E-state index in [0.717, 1.165) is 12.0 Å². The zero-order valence-electron chi connectivity index (χ0n) is 17.7. The number of ether oxygens (including phenoxy) is 2. The summed E-state index contributed by atoms with van der Waals surface area (Å²) in [5.41, 5.74) is 1.03. The number of benzene rings is 1. The first-order valence-electron chi connectivity index (χ1n) is 9.25. The summed E-state index contributed by atoms with van der Waals surface area (Å²) in [5.74, 6) is 0.868. The minimum atomic E-state index is -0.803. The molecule has 4 heteroatoms. The number of hydrogen-bond acceptors (Lipinski definition) is 4. The van der Waals surface area contributed by atoms with Crippen LogP contribution in [0.1, 0.15) is 90.6 Å². The second-order valence-corrected chi connectivity index (χ2v) is 9.49. The van der Waals surface area contributed by atoms with Gasteiger partial charge in [0.05, 0.1) is 5.56 Å². The van der Waals surface area contributed by atoms with Crippen molar-refractivity contribution in [3.05, 3.63) is 29.3 Å². The van der Waals surface area contributed by atoms with Crippen LogP contribution in [0, 0.1) is 11.3 Å². The summed E-state index contributed by atoms with van der Waals surface area (Å²) in [6, 6.07) is 5.51. The van der Waals surface area contributed by atoms with Crippen LogP contribution in [-0.4, -0.2) is 17.5 Å². The smallest absolute Gasteiger partial charge is 0.428 e. The number of Topliss-reactive ketones (excluding diaryl/α,β-unsaturated/α-hetero) is 1. The van der Waals surface area contributed by atoms with Crippen molar-refractivity contribution in [2.45, 2.75) is 80.3 Å². The Morgan fingerprint density at radius 3 is 2.04 bits per heavy atom. The molecule has 0 aliphatic rings. The van der Waals surface area contributed by atoms with Crippen molar-refractivity contribution in [2.75, 3.05) is 0 Å². The van der Waals surface area contributed by atoms with E-state index in [1.807, 2.05) is 12.1 Å². The lowest BCUT2D eigenvalue weighted by molar-refractivity contribution is 0.0205. The highest BCUT2D eigenvalue weighted by molar-refractivity contribution is 5.97. The van der Waals surface area contributed by atoms with Crippen molar-refractivity contribution in [1.29, 1.82) is 0 Å². The highest BCUT2D eigenvalue weighted by Gasteiger charge is 2.25. The quantitative estimate of drug-likeness (QED) is 0.346. The largest absolute Gasteiger partial charge is 0.514 e. The van der Waals surface area contributed by atoms with Gasteiger partial charge in [-0.05, 0) is 69.1 Å². The van der Waals surface area contributed by atoms with E-state index in [2.05, 4.69) is 34.6 Å². The van der Waals surface area contributed by atoms with Crippen LogP contribution in [0.25, 0.3) is 0 Å². The third kappa shape index (κ3) is 7.19. The molecule has 0 aliphatic carbocycles. The Morgan fingerprint density at radius 2 is 1.62 bits per heavy atom. The number of carbonyl (C=O) groups is 2. The van der Waals surface area contributed by atoms with Crippen molar-refractivity contribution in [3.63, 3.8) is 0 Å². The Balaban J connectivity index is 3.18. The van der Waals surface area contributed by atoms with Crippen molar-refractivity contribution in [2.24, 2.45) is 11.3 Å². The molecule has 1 atom stereocenters. The van der Waals surface area contributed by atoms with E-state index in [-0.39, 0.29) is 16.9 Å². The maximum absolute atomic E-state index is 12.1. The summed E-state index contributed by atoms with van der Waals surface area (Å²) in [6.45, 7) is 17.8. The Kier molecular flexibility index (Phi) is 7.03. The molecule has 1 aromatic rings. The lowest BCUT2D eigenvalue weighted by Crippen LogP contribution is -2.26. The van der Waals surface area contributed by atoms with E-state index in [1.165, 1.54) is 6.92 Å². The third-order valence-corrected chi connectivity index (χ3v) is 4.03. The topological polar surface area (TPSA) is 52.6 Å². The van der Waals surface area contributed by atoms with Crippen LogP contribution < -0.4 is 4.74 Å². The van der Waals surface area contributed by atoms with Gasteiger partial charge in [0.2, 0.25) is 0 Å². The number of rotatable bonds is 5. The molecule has 0 heterocycles. The van der Waals surface area contributed by atoms with Gasteiger partial charge < -0.3 is 9.47 Å². The van der Waals surface area contributed by atoms with Crippen molar-refractivity contribution in [1.82, 2.24) is 0 Å². The van der Waals surface area contributed by atoms with E-state index in [1.54, 1.807) is 26.8 Å². The van der Waals surface area contributed by atoms with Crippen LogP contribution in [0.3, 0.4) is 0 Å². The summed E-state index contributed by atoms with van der Waals surface area (Å²) in [7, 11) is 0. The molecule has 0 aliphatic heterocycles. The number of carbonyl (C=O) groups excluding carboxylic acids is 2. The van der Waals surface area contributed by atoms with Gasteiger partial charge in [0.15, 0.2) is 5.78 Å². The monoisotopic (exact) mass is 362 g/mol. The Hall–Kier alpha value is -1.84. The van der Waals surface area contributed by atoms with E-state index in [0.29, 0.717) is 17.4 Å². The van der Waals surface area contributed by atoms with Gasteiger partial charge in [0, 0.05) is 0 Å². The molecule has 1 rings (SSSR count). The van der Waals surface area contributed by atoms with Crippen molar-refractivity contribution >= 4 is 11.9 Å². The molecule has 0 aromatic heterocycles. The molecule has 0 fully saturated rings. The second-order valence-electron chi connectivity index (χ2n) is 9.49. The van der Waals surface area contributed by atoms with Gasteiger partial charge >= 0.3 is 6.16 Å². The molecule has 1 unspecified atom stereocenters. The fourth-order valence-corrected chi connectivity index (χ4v) is 2.90. The van der Waals surface area contributed by atoms with Crippen LogP contribution in [-0.2, 0) is 4.74 Å². The molecule has 0 saturated heterocycles. The van der Waals surface area contributed by atoms with Gasteiger partial charge in [0.1, 0.15) is 11.4 Å². The lowest BCUT2D eigenvalue weighted by Gasteiger charge is -2.29. The van der Waals surface area contributed by atoms with E-state index < -0.39 is 11.8 Å².